The molecule has 4 atom stereocenters. The van der Waals surface area contributed by atoms with E-state index in [0.29, 0.717) is 11.1 Å². The first kappa shape index (κ1) is 33.1. The Kier molecular flexibility index (Phi) is 10.5. The number of amides is 3. The molecule has 0 saturated heterocycles. The first-order chi connectivity index (χ1) is 22.6. The van der Waals surface area contributed by atoms with E-state index in [2.05, 4.69) is 38.5 Å². The van der Waals surface area contributed by atoms with Crippen molar-refractivity contribution in [1.82, 2.24) is 25.9 Å². The van der Waals surface area contributed by atoms with Gasteiger partial charge < -0.3 is 41.9 Å². The number of aliphatic carboxylic acids is 1. The molecule has 0 radical (unpaired) electrons. The van der Waals surface area contributed by atoms with Crippen LogP contribution in [0.3, 0.4) is 0 Å². The van der Waals surface area contributed by atoms with Crippen LogP contribution in [0.4, 0.5) is 0 Å². The van der Waals surface area contributed by atoms with Crippen molar-refractivity contribution in [2.24, 2.45) is 5.73 Å². The van der Waals surface area contributed by atoms with E-state index in [9.17, 15) is 29.4 Å². The number of nitrogens with one attached hydrogen (secondary N) is 5. The normalized spacial score (nSPS) is 13.8. The third-order valence-corrected chi connectivity index (χ3v) is 8.35. The highest BCUT2D eigenvalue weighted by atomic mass is 32.1. The highest BCUT2D eigenvalue weighted by Crippen LogP contribution is 2.20. The lowest BCUT2D eigenvalue weighted by Crippen LogP contribution is -2.58. The molecule has 3 aromatic carbocycles. The zero-order chi connectivity index (χ0) is 33.5. The van der Waals surface area contributed by atoms with Crippen LogP contribution in [0.15, 0.2) is 85.2 Å². The molecule has 0 saturated carbocycles. The van der Waals surface area contributed by atoms with Gasteiger partial charge in [-0.25, -0.2) is 4.79 Å². The first-order valence-electron chi connectivity index (χ1n) is 15.0. The van der Waals surface area contributed by atoms with Crippen LogP contribution in [0.2, 0.25) is 0 Å². The minimum atomic E-state index is -1.30. The van der Waals surface area contributed by atoms with Crippen molar-refractivity contribution in [3.63, 3.8) is 0 Å². The molecule has 2 heterocycles. The molecule has 244 valence electrons. The van der Waals surface area contributed by atoms with Gasteiger partial charge in [0, 0.05) is 52.8 Å². The maximum atomic E-state index is 13.6. The number of aromatic hydroxyl groups is 1. The summed E-state index contributed by atoms with van der Waals surface area (Å²) in [4.78, 5) is 58.6. The van der Waals surface area contributed by atoms with E-state index in [4.69, 9.17) is 5.73 Å². The maximum absolute atomic E-state index is 13.6. The van der Waals surface area contributed by atoms with Gasteiger partial charge in [0.25, 0.3) is 0 Å². The number of thiol groups is 1. The molecule has 0 fully saturated rings. The van der Waals surface area contributed by atoms with E-state index in [0.717, 1.165) is 27.4 Å². The molecule has 3 amide bonds. The number of aromatic nitrogens is 2. The SMILES string of the molecule is NC(Cc1c[nH]c2ccccc12)C(=O)NC(CS)C(=O)NC(Cc1ccc(O)cc1)C(=O)NC(Cc1c[nH]c2ccccc12)C(=O)O. The summed E-state index contributed by atoms with van der Waals surface area (Å²) in [5, 5.41) is 29.3. The van der Waals surface area contributed by atoms with Gasteiger partial charge in [-0.1, -0.05) is 48.5 Å². The van der Waals surface area contributed by atoms with Gasteiger partial charge >= 0.3 is 5.97 Å². The average molecular weight is 657 g/mol. The third-order valence-electron chi connectivity index (χ3n) is 7.99. The number of para-hydroxylation sites is 2. The van der Waals surface area contributed by atoms with Crippen LogP contribution in [-0.4, -0.2) is 73.8 Å². The van der Waals surface area contributed by atoms with Gasteiger partial charge in [-0.15, -0.1) is 0 Å². The Bertz CT molecular complexity index is 1890. The summed E-state index contributed by atoms with van der Waals surface area (Å²) in [6.07, 6.45) is 3.68. The highest BCUT2D eigenvalue weighted by Gasteiger charge is 2.31. The zero-order valence-electron chi connectivity index (χ0n) is 25.3. The van der Waals surface area contributed by atoms with Gasteiger partial charge in [0.2, 0.25) is 17.7 Å². The fourth-order valence-corrected chi connectivity index (χ4v) is 5.70. The number of phenolic OH excluding ortho intramolecular Hbond substituents is 1. The molecule has 0 bridgehead atoms. The van der Waals surface area contributed by atoms with Crippen LogP contribution in [0.1, 0.15) is 16.7 Å². The van der Waals surface area contributed by atoms with Crippen LogP contribution in [0.5, 0.6) is 5.75 Å². The number of carbonyl (C=O) groups excluding carboxylic acids is 3. The number of carbonyl (C=O) groups is 4. The second-order valence-corrected chi connectivity index (χ2v) is 11.7. The average Bonchev–Trinajstić information content (AvgIpc) is 3.67. The molecule has 5 aromatic rings. The lowest BCUT2D eigenvalue weighted by Gasteiger charge is -2.25. The molecule has 0 aliphatic carbocycles. The van der Waals surface area contributed by atoms with E-state index in [1.807, 2.05) is 48.5 Å². The van der Waals surface area contributed by atoms with Gasteiger partial charge in [0.15, 0.2) is 0 Å². The molecular weight excluding hydrogens is 620 g/mol. The number of carboxylic acids is 1. The summed E-state index contributed by atoms with van der Waals surface area (Å²) in [5.41, 5.74) is 10.1. The standard InChI is InChI=1S/C34H36N6O6S/c35-25(14-20-16-36-26-7-3-1-5-23(20)26)31(42)40-30(18-47)33(44)38-28(13-19-9-11-22(41)12-10-19)32(43)39-29(34(45)46)15-21-17-37-27-8-4-2-6-24(21)27/h1-12,16-17,25,28-30,36-37,41,47H,13-15,18,35H2,(H,38,44)(H,39,43)(H,40,42)(H,45,46). The fourth-order valence-electron chi connectivity index (χ4n) is 5.45. The van der Waals surface area contributed by atoms with Crippen molar-refractivity contribution in [2.75, 3.05) is 5.75 Å². The molecule has 4 unspecified atom stereocenters. The van der Waals surface area contributed by atoms with Crippen molar-refractivity contribution in [3.05, 3.63) is 102 Å². The number of hydrogen-bond donors (Lipinski definition) is 9. The number of H-pyrrole nitrogens is 2. The minimum absolute atomic E-state index is 0.00535. The number of fused-ring (bicyclic) bond motifs is 2. The van der Waals surface area contributed by atoms with Gasteiger partial charge in [0.05, 0.1) is 6.04 Å². The Balaban J connectivity index is 1.28. The number of rotatable bonds is 14. The van der Waals surface area contributed by atoms with Gasteiger partial charge in [-0.05, 0) is 47.4 Å². The van der Waals surface area contributed by atoms with E-state index < -0.39 is 47.9 Å². The minimum Gasteiger partial charge on any atom is -0.508 e. The topological polar surface area (TPSA) is 202 Å². The van der Waals surface area contributed by atoms with Gasteiger partial charge in [-0.3, -0.25) is 14.4 Å². The monoisotopic (exact) mass is 656 g/mol. The van der Waals surface area contributed by atoms with Crippen molar-refractivity contribution in [1.29, 1.82) is 0 Å². The van der Waals surface area contributed by atoms with E-state index in [1.165, 1.54) is 12.1 Å². The predicted octanol–water partition coefficient (Wildman–Crippen LogP) is 2.18. The number of aromatic amines is 2. The number of nitrogens with two attached hydrogens (primary N) is 1. The van der Waals surface area contributed by atoms with E-state index in [-0.39, 0.29) is 30.8 Å². The van der Waals surface area contributed by atoms with Crippen LogP contribution in [0.25, 0.3) is 21.8 Å². The molecule has 13 heteroatoms. The summed E-state index contributed by atoms with van der Waals surface area (Å²) in [6.45, 7) is 0. The molecule has 47 heavy (non-hydrogen) atoms. The van der Waals surface area contributed by atoms with Gasteiger partial charge in [0.1, 0.15) is 23.9 Å². The van der Waals surface area contributed by atoms with E-state index >= 15 is 0 Å². The van der Waals surface area contributed by atoms with Crippen molar-refractivity contribution >= 4 is 58.1 Å². The van der Waals surface area contributed by atoms with Crippen LogP contribution in [0, 0.1) is 0 Å². The molecule has 0 spiro atoms. The van der Waals surface area contributed by atoms with Crippen molar-refractivity contribution < 1.29 is 29.4 Å². The third kappa shape index (κ3) is 8.12. The lowest BCUT2D eigenvalue weighted by atomic mass is 10.0. The Morgan fingerprint density at radius 3 is 1.77 bits per heavy atom. The molecule has 0 aliphatic rings. The quantitative estimate of drug-likeness (QED) is 0.0815. The first-order valence-corrected chi connectivity index (χ1v) is 15.6. The lowest BCUT2D eigenvalue weighted by molar-refractivity contribution is -0.142. The van der Waals surface area contributed by atoms with Gasteiger partial charge in [-0.2, -0.15) is 12.6 Å². The molecule has 5 rings (SSSR count). The fraction of sp³-hybridized carbons (Fsp3) is 0.235. The largest absolute Gasteiger partial charge is 0.508 e. The Labute approximate surface area is 275 Å². The van der Waals surface area contributed by atoms with E-state index in [1.54, 1.807) is 24.5 Å². The Morgan fingerprint density at radius 1 is 0.681 bits per heavy atom. The Hall–Kier alpha value is -5.27. The second kappa shape index (κ2) is 14.9. The molecular formula is C34H36N6O6S. The summed E-state index contributed by atoms with van der Waals surface area (Å²) in [7, 11) is 0. The molecule has 9 N–H and O–H groups in total. The summed E-state index contributed by atoms with van der Waals surface area (Å²) in [6, 6.07) is 16.4. The summed E-state index contributed by atoms with van der Waals surface area (Å²) < 4.78 is 0. The maximum Gasteiger partial charge on any atom is 0.326 e. The van der Waals surface area contributed by atoms with Crippen molar-refractivity contribution in [2.45, 2.75) is 43.4 Å². The van der Waals surface area contributed by atoms with Crippen LogP contribution >= 0.6 is 12.6 Å². The second-order valence-electron chi connectivity index (χ2n) is 11.3. The predicted molar refractivity (Wildman–Crippen MR) is 181 cm³/mol. The molecule has 2 aromatic heterocycles. The zero-order valence-corrected chi connectivity index (χ0v) is 26.2. The highest BCUT2D eigenvalue weighted by molar-refractivity contribution is 7.80. The summed E-state index contributed by atoms with van der Waals surface area (Å²) >= 11 is 4.25. The number of hydrogen-bond acceptors (Lipinski definition) is 7. The van der Waals surface area contributed by atoms with Crippen molar-refractivity contribution in [3.8, 4) is 5.75 Å². The molecule has 0 aliphatic heterocycles. The smallest absolute Gasteiger partial charge is 0.326 e. The molecule has 12 nitrogen and oxygen atoms in total. The summed E-state index contributed by atoms with van der Waals surface area (Å²) in [5.74, 6) is -3.33. The number of carboxylic acid groups (broad SMARTS) is 1. The van der Waals surface area contributed by atoms with Crippen LogP contribution in [-0.2, 0) is 38.4 Å². The number of phenols is 1. The Morgan fingerprint density at radius 2 is 1.19 bits per heavy atom. The number of benzene rings is 3. The van der Waals surface area contributed by atoms with Crippen LogP contribution < -0.4 is 21.7 Å².